The zero-order valence-electron chi connectivity index (χ0n) is 12.6. The molecule has 3 heterocycles. The van der Waals surface area contributed by atoms with Crippen molar-refractivity contribution in [3.05, 3.63) is 21.9 Å². The van der Waals surface area contributed by atoms with Gasteiger partial charge in [0.15, 0.2) is 0 Å². The Bertz CT molecular complexity index is 543. The standard InChI is InChI=1S/C16H22N2O3S/c19-16(18-5-7-20-10-13(18)11-1-2-11)17-9-14-12-4-8-22-15(12)3-6-21-14/h4,8,11,13-14H,1-3,5-7,9-10H2,(H,17,19)/t13-,14+/m0/s1. The van der Waals surface area contributed by atoms with Crippen molar-refractivity contribution in [1.82, 2.24) is 10.2 Å². The predicted molar refractivity (Wildman–Crippen MR) is 84.2 cm³/mol. The van der Waals surface area contributed by atoms with Gasteiger partial charge in [-0.25, -0.2) is 4.79 Å². The zero-order valence-corrected chi connectivity index (χ0v) is 13.4. The van der Waals surface area contributed by atoms with Crippen LogP contribution in [0, 0.1) is 5.92 Å². The van der Waals surface area contributed by atoms with Gasteiger partial charge in [-0.2, -0.15) is 0 Å². The number of amides is 2. The van der Waals surface area contributed by atoms with Crippen molar-refractivity contribution < 1.29 is 14.3 Å². The first-order valence-corrected chi connectivity index (χ1v) is 9.01. The molecule has 5 nitrogen and oxygen atoms in total. The summed E-state index contributed by atoms with van der Waals surface area (Å²) in [6, 6.07) is 2.42. The maximum Gasteiger partial charge on any atom is 0.317 e. The molecule has 6 heteroatoms. The van der Waals surface area contributed by atoms with Crippen LogP contribution in [0.5, 0.6) is 0 Å². The largest absolute Gasteiger partial charge is 0.377 e. The fourth-order valence-corrected chi connectivity index (χ4v) is 4.34. The lowest BCUT2D eigenvalue weighted by Gasteiger charge is -2.36. The molecule has 2 atom stereocenters. The van der Waals surface area contributed by atoms with E-state index in [9.17, 15) is 4.79 Å². The van der Waals surface area contributed by atoms with E-state index in [1.165, 1.54) is 23.3 Å². The van der Waals surface area contributed by atoms with Gasteiger partial charge >= 0.3 is 6.03 Å². The summed E-state index contributed by atoms with van der Waals surface area (Å²) in [5.74, 6) is 0.639. The van der Waals surface area contributed by atoms with Crippen LogP contribution in [0.3, 0.4) is 0 Å². The molecule has 0 unspecified atom stereocenters. The summed E-state index contributed by atoms with van der Waals surface area (Å²) >= 11 is 1.78. The summed E-state index contributed by atoms with van der Waals surface area (Å²) in [5, 5.41) is 5.19. The van der Waals surface area contributed by atoms with Gasteiger partial charge in [0.25, 0.3) is 0 Å². The van der Waals surface area contributed by atoms with E-state index in [1.54, 1.807) is 11.3 Å². The lowest BCUT2D eigenvalue weighted by atomic mass is 10.1. The van der Waals surface area contributed by atoms with Crippen LogP contribution in [0.25, 0.3) is 0 Å². The zero-order chi connectivity index (χ0) is 14.9. The van der Waals surface area contributed by atoms with Crippen molar-refractivity contribution in [3.63, 3.8) is 0 Å². The number of hydrogen-bond donors (Lipinski definition) is 1. The number of nitrogens with zero attached hydrogens (tertiary/aromatic N) is 1. The second-order valence-corrected chi connectivity index (χ2v) is 7.27. The molecule has 1 aromatic rings. The van der Waals surface area contributed by atoms with E-state index in [4.69, 9.17) is 9.47 Å². The summed E-state index contributed by atoms with van der Waals surface area (Å²) in [5.41, 5.74) is 1.25. The molecular weight excluding hydrogens is 300 g/mol. The van der Waals surface area contributed by atoms with Gasteiger partial charge in [-0.05, 0) is 35.8 Å². The molecule has 1 aromatic heterocycles. The Morgan fingerprint density at radius 1 is 1.41 bits per heavy atom. The summed E-state index contributed by atoms with van der Waals surface area (Å²) in [4.78, 5) is 15.9. The van der Waals surface area contributed by atoms with Gasteiger partial charge in [-0.1, -0.05) is 0 Å². The van der Waals surface area contributed by atoms with Crippen molar-refractivity contribution in [1.29, 1.82) is 0 Å². The molecule has 2 fully saturated rings. The quantitative estimate of drug-likeness (QED) is 0.928. The predicted octanol–water partition coefficient (Wildman–Crippen LogP) is 2.18. The second-order valence-electron chi connectivity index (χ2n) is 6.27. The summed E-state index contributed by atoms with van der Waals surface area (Å²) in [6.07, 6.45) is 3.44. The molecule has 3 aliphatic rings. The number of rotatable bonds is 3. The minimum Gasteiger partial charge on any atom is -0.377 e. The van der Waals surface area contributed by atoms with Crippen LogP contribution < -0.4 is 5.32 Å². The second kappa shape index (κ2) is 6.18. The molecule has 22 heavy (non-hydrogen) atoms. The van der Waals surface area contributed by atoms with Gasteiger partial charge < -0.3 is 19.7 Å². The maximum atomic E-state index is 12.5. The van der Waals surface area contributed by atoms with E-state index in [0.29, 0.717) is 32.2 Å². The molecule has 1 aliphatic carbocycles. The third-order valence-electron chi connectivity index (χ3n) is 4.81. The van der Waals surface area contributed by atoms with Crippen LogP contribution in [0.15, 0.2) is 11.4 Å². The molecule has 0 spiro atoms. The van der Waals surface area contributed by atoms with E-state index in [-0.39, 0.29) is 18.2 Å². The molecule has 1 saturated heterocycles. The van der Waals surface area contributed by atoms with Gasteiger partial charge in [-0.3, -0.25) is 0 Å². The van der Waals surface area contributed by atoms with E-state index in [0.717, 1.165) is 13.0 Å². The number of morpholine rings is 1. The van der Waals surface area contributed by atoms with Gasteiger partial charge in [0, 0.05) is 24.4 Å². The van der Waals surface area contributed by atoms with Gasteiger partial charge in [0.1, 0.15) is 6.10 Å². The molecule has 1 N–H and O–H groups in total. The molecule has 0 bridgehead atoms. The average molecular weight is 322 g/mol. The third kappa shape index (κ3) is 2.87. The van der Waals surface area contributed by atoms with Crippen molar-refractivity contribution in [2.75, 3.05) is 32.9 Å². The Morgan fingerprint density at radius 2 is 2.32 bits per heavy atom. The Balaban J connectivity index is 1.36. The van der Waals surface area contributed by atoms with Gasteiger partial charge in [-0.15, -0.1) is 11.3 Å². The lowest BCUT2D eigenvalue weighted by Crippen LogP contribution is -2.54. The number of carbonyl (C=O) groups is 1. The first-order valence-electron chi connectivity index (χ1n) is 8.13. The highest BCUT2D eigenvalue weighted by Gasteiger charge is 2.39. The average Bonchev–Trinajstić information content (AvgIpc) is 3.29. The first-order chi connectivity index (χ1) is 10.8. The minimum atomic E-state index is -0.000587. The topological polar surface area (TPSA) is 50.8 Å². The Hall–Kier alpha value is -1.11. The van der Waals surface area contributed by atoms with Gasteiger partial charge in [0.2, 0.25) is 0 Å². The molecule has 2 amide bonds. The number of thiophene rings is 1. The first kappa shape index (κ1) is 14.5. The lowest BCUT2D eigenvalue weighted by molar-refractivity contribution is 0.00228. The van der Waals surface area contributed by atoms with Crippen LogP contribution in [-0.2, 0) is 15.9 Å². The molecule has 1 saturated carbocycles. The molecule has 0 radical (unpaired) electrons. The molecule has 4 rings (SSSR count). The third-order valence-corrected chi connectivity index (χ3v) is 5.80. The van der Waals surface area contributed by atoms with Crippen molar-refractivity contribution in [3.8, 4) is 0 Å². The highest BCUT2D eigenvalue weighted by Crippen LogP contribution is 2.36. The van der Waals surface area contributed by atoms with Crippen molar-refractivity contribution in [2.45, 2.75) is 31.4 Å². The van der Waals surface area contributed by atoms with Crippen LogP contribution >= 0.6 is 11.3 Å². The highest BCUT2D eigenvalue weighted by molar-refractivity contribution is 7.10. The maximum absolute atomic E-state index is 12.5. The Kier molecular flexibility index (Phi) is 4.07. The summed E-state index contributed by atoms with van der Waals surface area (Å²) in [6.45, 7) is 3.33. The number of fused-ring (bicyclic) bond motifs is 1. The Morgan fingerprint density at radius 3 is 3.18 bits per heavy atom. The van der Waals surface area contributed by atoms with Crippen LogP contribution in [-0.4, -0.2) is 49.9 Å². The number of urea groups is 1. The molecular formula is C16H22N2O3S. The van der Waals surface area contributed by atoms with E-state index in [1.807, 2.05) is 4.90 Å². The SMILES string of the molecule is O=C(NC[C@H]1OCCc2sccc21)N1CCOC[C@H]1C1CC1. The normalized spacial score (nSPS) is 28.3. The van der Waals surface area contributed by atoms with E-state index >= 15 is 0 Å². The van der Waals surface area contributed by atoms with Crippen LogP contribution in [0.4, 0.5) is 4.79 Å². The molecule has 2 aliphatic heterocycles. The van der Waals surface area contributed by atoms with Gasteiger partial charge in [0.05, 0.1) is 25.9 Å². The number of ether oxygens (including phenoxy) is 2. The van der Waals surface area contributed by atoms with Crippen LogP contribution in [0.1, 0.15) is 29.4 Å². The number of carbonyl (C=O) groups excluding carboxylic acids is 1. The highest BCUT2D eigenvalue weighted by atomic mass is 32.1. The summed E-state index contributed by atoms with van der Waals surface area (Å²) in [7, 11) is 0. The summed E-state index contributed by atoms with van der Waals surface area (Å²) < 4.78 is 11.4. The number of hydrogen-bond acceptors (Lipinski definition) is 4. The monoisotopic (exact) mass is 322 g/mol. The molecule has 120 valence electrons. The van der Waals surface area contributed by atoms with E-state index < -0.39 is 0 Å². The number of nitrogens with one attached hydrogen (secondary N) is 1. The fraction of sp³-hybridized carbons (Fsp3) is 0.688. The fourth-order valence-electron chi connectivity index (χ4n) is 3.42. The Labute approximate surface area is 134 Å². The van der Waals surface area contributed by atoms with Crippen molar-refractivity contribution >= 4 is 17.4 Å². The molecule has 0 aromatic carbocycles. The van der Waals surface area contributed by atoms with E-state index in [2.05, 4.69) is 16.8 Å². The van der Waals surface area contributed by atoms with Crippen LogP contribution in [0.2, 0.25) is 0 Å². The smallest absolute Gasteiger partial charge is 0.317 e. The van der Waals surface area contributed by atoms with Crippen molar-refractivity contribution in [2.24, 2.45) is 5.92 Å². The minimum absolute atomic E-state index is 0.000587.